The Kier molecular flexibility index (Phi) is 3.64. The first-order chi connectivity index (χ1) is 8.06. The second-order valence-corrected chi connectivity index (χ2v) is 5.29. The van der Waals surface area contributed by atoms with E-state index in [0.717, 1.165) is 32.7 Å². The SMILES string of the molecule is Cc1cc(SCc2cc(N)ccc2Cl)n(C)n1. The quantitative estimate of drug-likeness (QED) is 0.686. The Labute approximate surface area is 110 Å². The molecule has 0 fully saturated rings. The summed E-state index contributed by atoms with van der Waals surface area (Å²) in [6, 6.07) is 7.62. The van der Waals surface area contributed by atoms with Crippen molar-refractivity contribution >= 4 is 29.1 Å². The van der Waals surface area contributed by atoms with Crippen LogP contribution in [0.5, 0.6) is 0 Å². The van der Waals surface area contributed by atoms with Crippen molar-refractivity contribution in [3.8, 4) is 0 Å². The molecule has 0 spiro atoms. The van der Waals surface area contributed by atoms with Gasteiger partial charge in [-0.2, -0.15) is 5.10 Å². The zero-order valence-corrected chi connectivity index (χ0v) is 11.3. The fourth-order valence-corrected chi connectivity index (χ4v) is 2.87. The molecule has 2 aromatic rings. The van der Waals surface area contributed by atoms with Gasteiger partial charge in [0, 0.05) is 23.5 Å². The highest BCUT2D eigenvalue weighted by Crippen LogP contribution is 2.28. The summed E-state index contributed by atoms with van der Waals surface area (Å²) in [5, 5.41) is 6.18. The van der Waals surface area contributed by atoms with E-state index in [2.05, 4.69) is 11.2 Å². The molecular formula is C12H14ClN3S. The largest absolute Gasteiger partial charge is 0.399 e. The van der Waals surface area contributed by atoms with Crippen LogP contribution in [0, 0.1) is 6.92 Å². The lowest BCUT2D eigenvalue weighted by atomic mass is 10.2. The van der Waals surface area contributed by atoms with E-state index in [1.807, 2.05) is 36.9 Å². The third-order valence-corrected chi connectivity index (χ3v) is 3.91. The van der Waals surface area contributed by atoms with Gasteiger partial charge in [0.25, 0.3) is 0 Å². The number of aromatic nitrogens is 2. The highest BCUT2D eigenvalue weighted by molar-refractivity contribution is 7.98. The van der Waals surface area contributed by atoms with Crippen molar-refractivity contribution < 1.29 is 0 Å². The predicted molar refractivity (Wildman–Crippen MR) is 73.4 cm³/mol. The lowest BCUT2D eigenvalue weighted by Crippen LogP contribution is -1.93. The topological polar surface area (TPSA) is 43.8 Å². The average molecular weight is 268 g/mol. The molecule has 0 bridgehead atoms. The number of benzene rings is 1. The number of nitrogen functional groups attached to an aromatic ring is 1. The average Bonchev–Trinajstić information content (AvgIpc) is 2.59. The van der Waals surface area contributed by atoms with Crippen LogP contribution in [0.25, 0.3) is 0 Å². The summed E-state index contributed by atoms with van der Waals surface area (Å²) in [6.07, 6.45) is 0. The summed E-state index contributed by atoms with van der Waals surface area (Å²) < 4.78 is 1.88. The van der Waals surface area contributed by atoms with Crippen molar-refractivity contribution in [1.82, 2.24) is 9.78 Å². The molecule has 0 radical (unpaired) electrons. The molecular weight excluding hydrogens is 254 g/mol. The Balaban J connectivity index is 2.12. The molecule has 0 saturated heterocycles. The number of nitrogens with zero attached hydrogens (tertiary/aromatic N) is 2. The first kappa shape index (κ1) is 12.3. The molecule has 17 heavy (non-hydrogen) atoms. The fourth-order valence-electron chi connectivity index (χ4n) is 1.58. The molecule has 1 heterocycles. The van der Waals surface area contributed by atoms with Gasteiger partial charge in [-0.15, -0.1) is 11.8 Å². The molecule has 1 aromatic heterocycles. The van der Waals surface area contributed by atoms with E-state index in [0.29, 0.717) is 0 Å². The van der Waals surface area contributed by atoms with Crippen LogP contribution in [0.1, 0.15) is 11.3 Å². The molecule has 0 saturated carbocycles. The second-order valence-electron chi connectivity index (χ2n) is 3.89. The van der Waals surface area contributed by atoms with Gasteiger partial charge in [-0.3, -0.25) is 4.68 Å². The van der Waals surface area contributed by atoms with Gasteiger partial charge in [0.15, 0.2) is 0 Å². The smallest absolute Gasteiger partial charge is 0.0942 e. The van der Waals surface area contributed by atoms with E-state index in [1.54, 1.807) is 11.8 Å². The third-order valence-electron chi connectivity index (χ3n) is 2.40. The number of anilines is 1. The summed E-state index contributed by atoms with van der Waals surface area (Å²) in [5.41, 5.74) is 8.56. The summed E-state index contributed by atoms with van der Waals surface area (Å²) in [6.45, 7) is 1.98. The van der Waals surface area contributed by atoms with E-state index >= 15 is 0 Å². The minimum absolute atomic E-state index is 0.742. The van der Waals surface area contributed by atoms with Gasteiger partial charge in [-0.05, 0) is 36.8 Å². The number of hydrogen-bond donors (Lipinski definition) is 1. The lowest BCUT2D eigenvalue weighted by Gasteiger charge is -2.05. The molecule has 3 nitrogen and oxygen atoms in total. The normalized spacial score (nSPS) is 10.8. The minimum Gasteiger partial charge on any atom is -0.399 e. The van der Waals surface area contributed by atoms with Crippen molar-refractivity contribution in [2.75, 3.05) is 5.73 Å². The molecule has 0 atom stereocenters. The highest BCUT2D eigenvalue weighted by Gasteiger charge is 2.06. The Hall–Kier alpha value is -1.13. The van der Waals surface area contributed by atoms with Crippen LogP contribution in [-0.4, -0.2) is 9.78 Å². The maximum Gasteiger partial charge on any atom is 0.0942 e. The number of aryl methyl sites for hydroxylation is 2. The number of rotatable bonds is 3. The van der Waals surface area contributed by atoms with E-state index in [4.69, 9.17) is 17.3 Å². The van der Waals surface area contributed by atoms with Gasteiger partial charge >= 0.3 is 0 Å². The summed E-state index contributed by atoms with van der Waals surface area (Å²) in [7, 11) is 1.94. The molecule has 1 aromatic carbocycles. The standard InChI is InChI=1S/C12H14ClN3S/c1-8-5-12(16(2)15-8)17-7-9-6-10(14)3-4-11(9)13/h3-6H,7,14H2,1-2H3. The molecule has 0 unspecified atom stereocenters. The fraction of sp³-hybridized carbons (Fsp3) is 0.250. The lowest BCUT2D eigenvalue weighted by molar-refractivity contribution is 0.692. The van der Waals surface area contributed by atoms with Crippen molar-refractivity contribution in [2.45, 2.75) is 17.7 Å². The Bertz CT molecular complexity index is 537. The van der Waals surface area contributed by atoms with Crippen LogP contribution in [-0.2, 0) is 12.8 Å². The monoisotopic (exact) mass is 267 g/mol. The van der Waals surface area contributed by atoms with E-state index in [9.17, 15) is 0 Å². The maximum atomic E-state index is 6.12. The number of hydrogen-bond acceptors (Lipinski definition) is 3. The minimum atomic E-state index is 0.742. The number of nitrogens with two attached hydrogens (primary N) is 1. The van der Waals surface area contributed by atoms with Gasteiger partial charge in [0.05, 0.1) is 10.7 Å². The van der Waals surface area contributed by atoms with Crippen LogP contribution in [0.2, 0.25) is 5.02 Å². The summed E-state index contributed by atoms with van der Waals surface area (Å²) in [4.78, 5) is 0. The van der Waals surface area contributed by atoms with Crippen molar-refractivity contribution in [1.29, 1.82) is 0 Å². The number of thioether (sulfide) groups is 1. The van der Waals surface area contributed by atoms with Crippen LogP contribution in [0.15, 0.2) is 29.3 Å². The molecule has 90 valence electrons. The Morgan fingerprint density at radius 1 is 1.41 bits per heavy atom. The first-order valence-electron chi connectivity index (χ1n) is 5.23. The van der Waals surface area contributed by atoms with E-state index < -0.39 is 0 Å². The zero-order valence-electron chi connectivity index (χ0n) is 9.77. The van der Waals surface area contributed by atoms with E-state index in [-0.39, 0.29) is 0 Å². The molecule has 2 N–H and O–H groups in total. The van der Waals surface area contributed by atoms with Crippen molar-refractivity contribution in [2.24, 2.45) is 7.05 Å². The van der Waals surface area contributed by atoms with Crippen LogP contribution < -0.4 is 5.73 Å². The zero-order chi connectivity index (χ0) is 12.4. The highest BCUT2D eigenvalue weighted by atomic mass is 35.5. The summed E-state index contributed by atoms with van der Waals surface area (Å²) >= 11 is 7.82. The Morgan fingerprint density at radius 2 is 2.18 bits per heavy atom. The molecule has 5 heteroatoms. The van der Waals surface area contributed by atoms with E-state index in [1.165, 1.54) is 0 Å². The molecule has 0 aliphatic carbocycles. The molecule has 0 aliphatic heterocycles. The number of halogens is 1. The molecule has 0 aliphatic rings. The van der Waals surface area contributed by atoms with Gasteiger partial charge < -0.3 is 5.73 Å². The Morgan fingerprint density at radius 3 is 2.82 bits per heavy atom. The van der Waals surface area contributed by atoms with Gasteiger partial charge in [-0.1, -0.05) is 11.6 Å². The van der Waals surface area contributed by atoms with Crippen molar-refractivity contribution in [3.05, 3.63) is 40.5 Å². The molecule has 0 amide bonds. The van der Waals surface area contributed by atoms with Crippen molar-refractivity contribution in [3.63, 3.8) is 0 Å². The van der Waals surface area contributed by atoms with Gasteiger partial charge in [-0.25, -0.2) is 0 Å². The van der Waals surface area contributed by atoms with Crippen LogP contribution in [0.4, 0.5) is 5.69 Å². The maximum absolute atomic E-state index is 6.12. The van der Waals surface area contributed by atoms with Crippen LogP contribution in [0.3, 0.4) is 0 Å². The molecule has 2 rings (SSSR count). The van der Waals surface area contributed by atoms with Gasteiger partial charge in [0.1, 0.15) is 0 Å². The first-order valence-corrected chi connectivity index (χ1v) is 6.60. The van der Waals surface area contributed by atoms with Crippen LogP contribution >= 0.6 is 23.4 Å². The summed E-state index contributed by atoms with van der Waals surface area (Å²) in [5.74, 6) is 0.794. The third kappa shape index (κ3) is 2.96. The van der Waals surface area contributed by atoms with Gasteiger partial charge in [0.2, 0.25) is 0 Å². The predicted octanol–water partition coefficient (Wildman–Crippen LogP) is 3.26. The second kappa shape index (κ2) is 5.02.